The lowest BCUT2D eigenvalue weighted by molar-refractivity contribution is -0.139. The highest BCUT2D eigenvalue weighted by Gasteiger charge is 2.19. The summed E-state index contributed by atoms with van der Waals surface area (Å²) in [5.41, 5.74) is 3.95. The van der Waals surface area contributed by atoms with E-state index in [0.29, 0.717) is 25.5 Å². The normalized spacial score (nSPS) is 12.0. The van der Waals surface area contributed by atoms with Gasteiger partial charge in [-0.15, -0.1) is 0 Å². The zero-order chi connectivity index (χ0) is 20.8. The predicted molar refractivity (Wildman–Crippen MR) is 116 cm³/mol. The lowest BCUT2D eigenvalue weighted by Gasteiger charge is -2.14. The summed E-state index contributed by atoms with van der Waals surface area (Å²) in [5, 5.41) is 17.0. The van der Waals surface area contributed by atoms with Gasteiger partial charge in [-0.2, -0.15) is 0 Å². The molecule has 1 unspecified atom stereocenters. The number of carbonyl (C=O) groups is 1. The molecule has 0 spiro atoms. The Morgan fingerprint density at radius 2 is 1.70 bits per heavy atom. The molecule has 0 saturated heterocycles. The Morgan fingerprint density at radius 3 is 2.47 bits per heavy atom. The van der Waals surface area contributed by atoms with Crippen molar-refractivity contribution in [2.24, 2.45) is 0 Å². The van der Waals surface area contributed by atoms with Crippen LogP contribution in [0.3, 0.4) is 0 Å². The largest absolute Gasteiger partial charge is 0.480 e. The molecule has 2 aromatic carbocycles. The average molecular weight is 401 g/mol. The topological polar surface area (TPSA) is 103 Å². The van der Waals surface area contributed by atoms with Crippen LogP contribution < -0.4 is 10.6 Å². The van der Waals surface area contributed by atoms with Crippen LogP contribution in [0.5, 0.6) is 0 Å². The number of para-hydroxylation sites is 1. The van der Waals surface area contributed by atoms with Gasteiger partial charge in [0.15, 0.2) is 0 Å². The van der Waals surface area contributed by atoms with Crippen molar-refractivity contribution in [3.8, 4) is 0 Å². The van der Waals surface area contributed by atoms with Crippen molar-refractivity contribution in [2.45, 2.75) is 25.6 Å². The summed E-state index contributed by atoms with van der Waals surface area (Å²) in [4.78, 5) is 23.6. The number of benzene rings is 2. The Hall–Kier alpha value is -3.71. The number of carboxylic acid groups (broad SMARTS) is 1. The number of carboxylic acids is 1. The third-order valence-corrected chi connectivity index (χ3v) is 4.95. The van der Waals surface area contributed by atoms with E-state index in [1.165, 1.54) is 0 Å². The third-order valence-electron chi connectivity index (χ3n) is 4.95. The number of hydrogen-bond donors (Lipinski definition) is 4. The average Bonchev–Trinajstić information content (AvgIpc) is 3.19. The number of rotatable bonds is 9. The highest BCUT2D eigenvalue weighted by Crippen LogP contribution is 2.19. The predicted octanol–water partition coefficient (Wildman–Crippen LogP) is 3.36. The van der Waals surface area contributed by atoms with E-state index in [-0.39, 0.29) is 0 Å². The second kappa shape index (κ2) is 9.19. The smallest absolute Gasteiger partial charge is 0.321 e. The summed E-state index contributed by atoms with van der Waals surface area (Å²) < 4.78 is 0. The molecule has 30 heavy (non-hydrogen) atoms. The van der Waals surface area contributed by atoms with Crippen molar-refractivity contribution in [1.29, 1.82) is 0 Å². The summed E-state index contributed by atoms with van der Waals surface area (Å²) in [6, 6.07) is 17.2. The van der Waals surface area contributed by atoms with Crippen molar-refractivity contribution in [3.05, 3.63) is 89.9 Å². The first-order valence-electron chi connectivity index (χ1n) is 9.79. The van der Waals surface area contributed by atoms with E-state index in [1.807, 2.05) is 60.8 Å². The minimum Gasteiger partial charge on any atom is -0.480 e. The number of nitrogens with one attached hydrogen (secondary N) is 3. The number of nitrogens with zero attached hydrogens (tertiary/aromatic N) is 2. The highest BCUT2D eigenvalue weighted by molar-refractivity contribution is 5.84. The van der Waals surface area contributed by atoms with Crippen LogP contribution in [0.1, 0.15) is 16.7 Å². The van der Waals surface area contributed by atoms with Gasteiger partial charge in [-0.1, -0.05) is 48.5 Å². The first kappa shape index (κ1) is 19.6. The van der Waals surface area contributed by atoms with Crippen LogP contribution in [0.2, 0.25) is 0 Å². The van der Waals surface area contributed by atoms with Crippen LogP contribution >= 0.6 is 0 Å². The standard InChI is InChI=1S/C23H23N5O2/c29-22(30)21(10-18-15-25-20-9-5-4-8-19(18)20)24-12-17-13-27-23(28-14-17)26-11-16-6-2-1-3-7-16/h1-9,13-15,21,24-25H,10-12H2,(H,29,30)(H,26,27,28). The third kappa shape index (κ3) is 4.82. The van der Waals surface area contributed by atoms with Crippen LogP contribution in [0.4, 0.5) is 5.95 Å². The van der Waals surface area contributed by atoms with E-state index in [4.69, 9.17) is 0 Å². The molecule has 152 valence electrons. The van der Waals surface area contributed by atoms with E-state index in [2.05, 4.69) is 25.6 Å². The molecular formula is C23H23N5O2. The molecule has 0 amide bonds. The van der Waals surface area contributed by atoms with Crippen LogP contribution in [0.25, 0.3) is 10.9 Å². The molecule has 4 aromatic rings. The summed E-state index contributed by atoms with van der Waals surface area (Å²) >= 11 is 0. The molecular weight excluding hydrogens is 378 g/mol. The molecule has 0 fully saturated rings. The van der Waals surface area contributed by atoms with Crippen LogP contribution in [-0.4, -0.2) is 32.1 Å². The van der Waals surface area contributed by atoms with Crippen LogP contribution in [0.15, 0.2) is 73.2 Å². The molecule has 0 aliphatic heterocycles. The number of H-pyrrole nitrogens is 1. The fourth-order valence-corrected chi connectivity index (χ4v) is 3.32. The maximum absolute atomic E-state index is 11.7. The minimum absolute atomic E-state index is 0.373. The molecule has 0 saturated carbocycles. The van der Waals surface area contributed by atoms with Crippen LogP contribution in [0, 0.1) is 0 Å². The summed E-state index contributed by atoms with van der Waals surface area (Å²) in [7, 11) is 0. The first-order chi connectivity index (χ1) is 14.7. The van der Waals surface area contributed by atoms with Gasteiger partial charge >= 0.3 is 5.97 Å². The fraction of sp³-hybridized carbons (Fsp3) is 0.174. The van der Waals surface area contributed by atoms with Crippen molar-refractivity contribution in [1.82, 2.24) is 20.3 Å². The number of fused-ring (bicyclic) bond motifs is 1. The quantitative estimate of drug-likeness (QED) is 0.343. The highest BCUT2D eigenvalue weighted by atomic mass is 16.4. The van der Waals surface area contributed by atoms with Gasteiger partial charge in [0.1, 0.15) is 6.04 Å². The maximum Gasteiger partial charge on any atom is 0.321 e. The number of aliphatic carboxylic acids is 1. The Morgan fingerprint density at radius 1 is 0.967 bits per heavy atom. The molecule has 2 aromatic heterocycles. The van der Waals surface area contributed by atoms with Crippen molar-refractivity contribution in [2.75, 3.05) is 5.32 Å². The lowest BCUT2D eigenvalue weighted by Crippen LogP contribution is -2.38. The van der Waals surface area contributed by atoms with E-state index < -0.39 is 12.0 Å². The van der Waals surface area contributed by atoms with Crippen molar-refractivity contribution >= 4 is 22.8 Å². The van der Waals surface area contributed by atoms with Gasteiger partial charge in [0.2, 0.25) is 5.95 Å². The fourth-order valence-electron chi connectivity index (χ4n) is 3.32. The molecule has 4 N–H and O–H groups in total. The van der Waals surface area contributed by atoms with Crippen LogP contribution in [-0.2, 0) is 24.3 Å². The maximum atomic E-state index is 11.7. The van der Waals surface area contributed by atoms with E-state index in [1.54, 1.807) is 12.4 Å². The zero-order valence-electron chi connectivity index (χ0n) is 16.4. The van der Waals surface area contributed by atoms with Crippen molar-refractivity contribution < 1.29 is 9.90 Å². The van der Waals surface area contributed by atoms with Gasteiger partial charge in [-0.3, -0.25) is 10.1 Å². The van der Waals surface area contributed by atoms with Gasteiger partial charge < -0.3 is 15.4 Å². The molecule has 7 heteroatoms. The Labute approximate surface area is 174 Å². The SMILES string of the molecule is O=C(O)C(Cc1c[nH]c2ccccc12)NCc1cnc(NCc2ccccc2)nc1. The first-order valence-corrected chi connectivity index (χ1v) is 9.79. The monoisotopic (exact) mass is 401 g/mol. The van der Waals surface area contributed by atoms with Gasteiger partial charge in [0.25, 0.3) is 0 Å². The Balaban J connectivity index is 1.34. The lowest BCUT2D eigenvalue weighted by atomic mass is 10.0. The number of aromatic amines is 1. The number of aromatic nitrogens is 3. The summed E-state index contributed by atoms with van der Waals surface area (Å²) in [6.07, 6.45) is 5.67. The Bertz CT molecular complexity index is 1110. The van der Waals surface area contributed by atoms with E-state index >= 15 is 0 Å². The molecule has 7 nitrogen and oxygen atoms in total. The summed E-state index contributed by atoms with van der Waals surface area (Å²) in [6.45, 7) is 1.02. The number of anilines is 1. The van der Waals surface area contributed by atoms with Crippen molar-refractivity contribution in [3.63, 3.8) is 0 Å². The van der Waals surface area contributed by atoms with Gasteiger partial charge in [-0.25, -0.2) is 9.97 Å². The molecule has 0 bridgehead atoms. The molecule has 0 aliphatic rings. The molecule has 2 heterocycles. The van der Waals surface area contributed by atoms with Gasteiger partial charge in [-0.05, 0) is 17.2 Å². The molecule has 0 radical (unpaired) electrons. The molecule has 0 aliphatic carbocycles. The van der Waals surface area contributed by atoms with Gasteiger partial charge in [0.05, 0.1) is 0 Å². The minimum atomic E-state index is -0.887. The van der Waals surface area contributed by atoms with Gasteiger partial charge in [0, 0.05) is 54.6 Å². The van der Waals surface area contributed by atoms with E-state index in [0.717, 1.165) is 27.6 Å². The number of hydrogen-bond acceptors (Lipinski definition) is 5. The molecule has 4 rings (SSSR count). The second-order valence-corrected chi connectivity index (χ2v) is 7.09. The van der Waals surface area contributed by atoms with E-state index in [9.17, 15) is 9.90 Å². The second-order valence-electron chi connectivity index (χ2n) is 7.09. The summed E-state index contributed by atoms with van der Waals surface area (Å²) in [5.74, 6) is -0.349. The molecule has 1 atom stereocenters. The Kier molecular flexibility index (Phi) is 6.01. The zero-order valence-corrected chi connectivity index (χ0v) is 16.4.